The molecular weight excluding hydrogens is 427 g/mol. The van der Waals surface area contributed by atoms with Crippen LogP contribution in [-0.2, 0) is 4.74 Å². The van der Waals surface area contributed by atoms with Crippen LogP contribution in [0.3, 0.4) is 0 Å². The molecule has 6 heteroatoms. The Kier molecular flexibility index (Phi) is 12.1. The van der Waals surface area contributed by atoms with Crippen LogP contribution < -0.4 is 5.32 Å². The summed E-state index contributed by atoms with van der Waals surface area (Å²) in [6.45, 7) is 8.21. The van der Waals surface area contributed by atoms with Gasteiger partial charge in [-0.05, 0) is 46.2 Å². The predicted octanol–water partition coefficient (Wildman–Crippen LogP) is 3.19. The van der Waals surface area contributed by atoms with Crippen LogP contribution in [-0.4, -0.2) is 75.3 Å². The zero-order valence-corrected chi connectivity index (χ0v) is 18.8. The highest BCUT2D eigenvalue weighted by molar-refractivity contribution is 14.0. The zero-order chi connectivity index (χ0) is 17.2. The van der Waals surface area contributed by atoms with Crippen molar-refractivity contribution < 1.29 is 4.74 Å². The van der Waals surface area contributed by atoms with E-state index in [1.807, 2.05) is 0 Å². The molecule has 0 aromatic carbocycles. The summed E-state index contributed by atoms with van der Waals surface area (Å²) in [5.74, 6) is 1.74. The average molecular weight is 466 g/mol. The maximum absolute atomic E-state index is 5.30. The summed E-state index contributed by atoms with van der Waals surface area (Å²) >= 11 is 0. The lowest BCUT2D eigenvalue weighted by Crippen LogP contribution is -2.40. The Morgan fingerprint density at radius 3 is 2.68 bits per heavy atom. The molecule has 148 valence electrons. The van der Waals surface area contributed by atoms with Crippen LogP contribution in [0.25, 0.3) is 0 Å². The van der Waals surface area contributed by atoms with E-state index in [4.69, 9.17) is 9.73 Å². The molecule has 2 fully saturated rings. The van der Waals surface area contributed by atoms with E-state index >= 15 is 0 Å². The molecule has 0 bridgehead atoms. The number of hydrogen-bond acceptors (Lipinski definition) is 3. The number of rotatable bonds is 8. The van der Waals surface area contributed by atoms with Crippen molar-refractivity contribution in [2.75, 3.05) is 53.5 Å². The van der Waals surface area contributed by atoms with E-state index in [0.717, 1.165) is 51.2 Å². The molecule has 0 aromatic rings. The highest BCUT2D eigenvalue weighted by atomic mass is 127. The van der Waals surface area contributed by atoms with E-state index in [0.29, 0.717) is 5.92 Å². The van der Waals surface area contributed by atoms with Gasteiger partial charge in [0.25, 0.3) is 0 Å². The molecule has 0 aromatic heterocycles. The van der Waals surface area contributed by atoms with Crippen LogP contribution in [0.1, 0.15) is 51.9 Å². The molecule has 1 N–H and O–H groups in total. The van der Waals surface area contributed by atoms with E-state index in [-0.39, 0.29) is 24.0 Å². The van der Waals surface area contributed by atoms with Gasteiger partial charge in [-0.15, -0.1) is 24.0 Å². The largest absolute Gasteiger partial charge is 0.384 e. The summed E-state index contributed by atoms with van der Waals surface area (Å²) in [7, 11) is 4.09. The molecule has 1 aliphatic carbocycles. The molecule has 2 rings (SSSR count). The van der Waals surface area contributed by atoms with Gasteiger partial charge in [-0.25, -0.2) is 0 Å². The Hall–Kier alpha value is -0.0800. The van der Waals surface area contributed by atoms with Crippen molar-refractivity contribution in [3.63, 3.8) is 0 Å². The van der Waals surface area contributed by atoms with Crippen LogP contribution in [0.4, 0.5) is 0 Å². The normalized spacial score (nSPS) is 22.3. The van der Waals surface area contributed by atoms with Gasteiger partial charge in [-0.1, -0.05) is 19.3 Å². The van der Waals surface area contributed by atoms with Crippen LogP contribution in [0.2, 0.25) is 0 Å². The van der Waals surface area contributed by atoms with Crippen molar-refractivity contribution >= 4 is 29.9 Å². The fourth-order valence-electron chi connectivity index (χ4n) is 4.03. The van der Waals surface area contributed by atoms with Crippen molar-refractivity contribution in [3.05, 3.63) is 0 Å². The molecule has 0 spiro atoms. The van der Waals surface area contributed by atoms with Gasteiger partial charge in [0.1, 0.15) is 0 Å². The second-order valence-electron chi connectivity index (χ2n) is 7.42. The van der Waals surface area contributed by atoms with Gasteiger partial charge in [0.15, 0.2) is 5.96 Å². The quantitative estimate of drug-likeness (QED) is 0.258. The smallest absolute Gasteiger partial charge is 0.193 e. The first-order valence-corrected chi connectivity index (χ1v) is 9.97. The van der Waals surface area contributed by atoms with Gasteiger partial charge in [-0.2, -0.15) is 0 Å². The maximum atomic E-state index is 5.30. The van der Waals surface area contributed by atoms with Gasteiger partial charge >= 0.3 is 0 Å². The second kappa shape index (κ2) is 13.1. The van der Waals surface area contributed by atoms with E-state index in [9.17, 15) is 0 Å². The predicted molar refractivity (Wildman–Crippen MR) is 117 cm³/mol. The average Bonchev–Trinajstić information content (AvgIpc) is 3.07. The Bertz CT molecular complexity index is 374. The molecule has 1 heterocycles. The topological polar surface area (TPSA) is 40.1 Å². The molecule has 1 saturated carbocycles. The zero-order valence-electron chi connectivity index (χ0n) is 16.5. The summed E-state index contributed by atoms with van der Waals surface area (Å²) in [6.07, 6.45) is 9.39. The van der Waals surface area contributed by atoms with Gasteiger partial charge in [-0.3, -0.25) is 4.99 Å². The summed E-state index contributed by atoms with van der Waals surface area (Å²) in [5, 5.41) is 3.46. The van der Waals surface area contributed by atoms with Crippen molar-refractivity contribution in [2.24, 2.45) is 10.9 Å². The molecule has 2 aliphatic rings. The molecule has 1 saturated heterocycles. The first-order valence-electron chi connectivity index (χ1n) is 9.97. The molecule has 1 atom stereocenters. The number of hydrogen-bond donors (Lipinski definition) is 1. The number of methoxy groups -OCH3 is 1. The van der Waals surface area contributed by atoms with Crippen molar-refractivity contribution in [1.82, 2.24) is 15.1 Å². The van der Waals surface area contributed by atoms with E-state index in [1.165, 1.54) is 45.1 Å². The first kappa shape index (κ1) is 23.0. The Morgan fingerprint density at radius 1 is 1.24 bits per heavy atom. The van der Waals surface area contributed by atoms with Crippen LogP contribution in [0, 0.1) is 5.92 Å². The number of guanidine groups is 1. The van der Waals surface area contributed by atoms with Crippen LogP contribution in [0.5, 0.6) is 0 Å². The SMILES string of the molecule is CCNC(=NCCCN(C)C1CCCCC1)N1CCC(COC)C1.I. The highest BCUT2D eigenvalue weighted by Crippen LogP contribution is 2.21. The lowest BCUT2D eigenvalue weighted by Gasteiger charge is -2.31. The molecular formula is C19H39IN4O. The molecule has 0 amide bonds. The minimum absolute atomic E-state index is 0. The number of ether oxygens (including phenoxy) is 1. The van der Waals surface area contributed by atoms with E-state index in [2.05, 4.69) is 29.1 Å². The number of nitrogens with one attached hydrogen (secondary N) is 1. The molecule has 25 heavy (non-hydrogen) atoms. The fraction of sp³-hybridized carbons (Fsp3) is 0.947. The lowest BCUT2D eigenvalue weighted by molar-refractivity contribution is 0.157. The van der Waals surface area contributed by atoms with Crippen LogP contribution in [0.15, 0.2) is 4.99 Å². The summed E-state index contributed by atoms with van der Waals surface area (Å²) in [5.41, 5.74) is 0. The maximum Gasteiger partial charge on any atom is 0.193 e. The third-order valence-electron chi connectivity index (χ3n) is 5.45. The Balaban J connectivity index is 0.00000312. The Labute approximate surface area is 172 Å². The summed E-state index contributed by atoms with van der Waals surface area (Å²) in [4.78, 5) is 9.83. The first-order chi connectivity index (χ1) is 11.7. The minimum atomic E-state index is 0. The van der Waals surface area contributed by atoms with Gasteiger partial charge in [0.2, 0.25) is 0 Å². The van der Waals surface area contributed by atoms with Gasteiger partial charge in [0.05, 0.1) is 6.61 Å². The summed E-state index contributed by atoms with van der Waals surface area (Å²) in [6, 6.07) is 0.810. The van der Waals surface area contributed by atoms with Crippen molar-refractivity contribution in [3.8, 4) is 0 Å². The molecule has 1 aliphatic heterocycles. The minimum Gasteiger partial charge on any atom is -0.384 e. The number of likely N-dealkylation sites (tertiary alicyclic amines) is 1. The lowest BCUT2D eigenvalue weighted by atomic mass is 9.94. The molecule has 5 nitrogen and oxygen atoms in total. The van der Waals surface area contributed by atoms with Gasteiger partial charge < -0.3 is 19.9 Å². The molecule has 1 unspecified atom stereocenters. The van der Waals surface area contributed by atoms with Crippen molar-refractivity contribution in [2.45, 2.75) is 57.9 Å². The third-order valence-corrected chi connectivity index (χ3v) is 5.45. The Morgan fingerprint density at radius 2 is 2.00 bits per heavy atom. The van der Waals surface area contributed by atoms with E-state index in [1.54, 1.807) is 7.11 Å². The highest BCUT2D eigenvalue weighted by Gasteiger charge is 2.24. The number of aliphatic imine (C=N–C) groups is 1. The monoisotopic (exact) mass is 466 g/mol. The third kappa shape index (κ3) is 7.99. The number of nitrogens with zero attached hydrogens (tertiary/aromatic N) is 3. The fourth-order valence-corrected chi connectivity index (χ4v) is 4.03. The number of halogens is 1. The standard InChI is InChI=1S/C19H38N4O.HI/c1-4-20-19(23-14-11-17(15-23)16-24-3)21-12-8-13-22(2)18-9-6-5-7-10-18;/h17-18H,4-16H2,1-3H3,(H,20,21);1H. The summed E-state index contributed by atoms with van der Waals surface area (Å²) < 4.78 is 5.30. The van der Waals surface area contributed by atoms with Gasteiger partial charge in [0, 0.05) is 45.2 Å². The van der Waals surface area contributed by atoms with Crippen LogP contribution >= 0.6 is 24.0 Å². The van der Waals surface area contributed by atoms with Crippen molar-refractivity contribution in [1.29, 1.82) is 0 Å². The molecule has 0 radical (unpaired) electrons. The van der Waals surface area contributed by atoms with E-state index < -0.39 is 0 Å². The second-order valence-corrected chi connectivity index (χ2v) is 7.42.